The van der Waals surface area contributed by atoms with Crippen molar-refractivity contribution in [1.29, 1.82) is 0 Å². The summed E-state index contributed by atoms with van der Waals surface area (Å²) in [6.45, 7) is 6.45. The van der Waals surface area contributed by atoms with Gasteiger partial charge >= 0.3 is 0 Å². The highest BCUT2D eigenvalue weighted by Gasteiger charge is 2.34. The molecule has 0 saturated carbocycles. The maximum atomic E-state index is 14.5. The summed E-state index contributed by atoms with van der Waals surface area (Å²) in [6, 6.07) is 17.4. The van der Waals surface area contributed by atoms with Gasteiger partial charge in [-0.25, -0.2) is 12.8 Å². The Kier molecular flexibility index (Phi) is 8.15. The van der Waals surface area contributed by atoms with Crippen molar-refractivity contribution in [3.8, 4) is 0 Å². The Balaban J connectivity index is 1.50. The van der Waals surface area contributed by atoms with E-state index in [0.29, 0.717) is 34.9 Å². The van der Waals surface area contributed by atoms with E-state index in [1.165, 1.54) is 6.07 Å². The summed E-state index contributed by atoms with van der Waals surface area (Å²) >= 11 is 6.28. The molecule has 1 fully saturated rings. The third-order valence-corrected chi connectivity index (χ3v) is 9.82. The number of β-amino-alcohol motifs (C(OH)–C–C–N with tert-alkyl or cyclic N) is 1. The van der Waals surface area contributed by atoms with Crippen LogP contribution in [0.2, 0.25) is 5.02 Å². The van der Waals surface area contributed by atoms with Crippen molar-refractivity contribution in [2.75, 3.05) is 30.5 Å². The highest BCUT2D eigenvalue weighted by Crippen LogP contribution is 2.37. The van der Waals surface area contributed by atoms with Crippen LogP contribution in [0, 0.1) is 18.7 Å². The summed E-state index contributed by atoms with van der Waals surface area (Å²) in [5.74, 6) is -0.249. The van der Waals surface area contributed by atoms with Gasteiger partial charge in [-0.05, 0) is 98.2 Å². The molecule has 1 saturated heterocycles. The van der Waals surface area contributed by atoms with E-state index in [-0.39, 0.29) is 16.9 Å². The van der Waals surface area contributed by atoms with Gasteiger partial charge in [0.05, 0.1) is 21.7 Å². The summed E-state index contributed by atoms with van der Waals surface area (Å²) in [6.07, 6.45) is 3.97. The molecule has 8 heteroatoms. The largest absolute Gasteiger partial charge is 0.392 e. The lowest BCUT2D eigenvalue weighted by Crippen LogP contribution is -2.41. The van der Waals surface area contributed by atoms with Crippen LogP contribution in [0.25, 0.3) is 11.6 Å². The molecule has 1 N–H and O–H groups in total. The predicted octanol–water partition coefficient (Wildman–Crippen LogP) is 6.17. The average Bonchev–Trinajstić information content (AvgIpc) is 3.32. The lowest BCUT2D eigenvalue weighted by atomic mass is 9.90. The highest BCUT2D eigenvalue weighted by atomic mass is 35.5. The first-order valence-electron chi connectivity index (χ1n) is 13.4. The van der Waals surface area contributed by atoms with Crippen molar-refractivity contribution < 1.29 is 17.9 Å². The number of hydrogen-bond donors (Lipinski definition) is 1. The monoisotopic (exact) mass is 568 g/mol. The topological polar surface area (TPSA) is 60.9 Å². The molecule has 39 heavy (non-hydrogen) atoms. The molecule has 206 valence electrons. The number of fused-ring (bicyclic) bond motifs is 1. The first-order chi connectivity index (χ1) is 18.6. The van der Waals surface area contributed by atoms with E-state index in [1.807, 2.05) is 37.3 Å². The molecule has 3 aromatic rings. The van der Waals surface area contributed by atoms with E-state index in [4.69, 9.17) is 11.6 Å². The highest BCUT2D eigenvalue weighted by molar-refractivity contribution is 7.92. The zero-order chi connectivity index (χ0) is 27.7. The second kappa shape index (κ2) is 11.4. The fraction of sp³-hybridized carbons (Fsp3) is 0.355. The Morgan fingerprint density at radius 2 is 1.92 bits per heavy atom. The smallest absolute Gasteiger partial charge is 0.264 e. The summed E-state index contributed by atoms with van der Waals surface area (Å²) in [4.78, 5) is 2.52. The molecule has 3 aromatic carbocycles. The molecule has 0 spiro atoms. The van der Waals surface area contributed by atoms with Gasteiger partial charge in [0, 0.05) is 25.2 Å². The number of benzene rings is 3. The molecule has 0 radical (unpaired) electrons. The molecule has 2 atom stereocenters. The van der Waals surface area contributed by atoms with Crippen molar-refractivity contribution in [2.45, 2.75) is 44.1 Å². The van der Waals surface area contributed by atoms with E-state index in [2.05, 4.69) is 4.90 Å². The molecule has 0 aromatic heterocycles. The van der Waals surface area contributed by atoms with E-state index in [9.17, 15) is 17.9 Å². The van der Waals surface area contributed by atoms with Crippen LogP contribution >= 0.6 is 11.6 Å². The van der Waals surface area contributed by atoms with Gasteiger partial charge in [0.1, 0.15) is 5.82 Å². The second-order valence-corrected chi connectivity index (χ2v) is 13.0. The van der Waals surface area contributed by atoms with Crippen molar-refractivity contribution in [1.82, 2.24) is 4.90 Å². The molecule has 2 aliphatic heterocycles. The average molecular weight is 569 g/mol. The van der Waals surface area contributed by atoms with Gasteiger partial charge < -0.3 is 10.0 Å². The summed E-state index contributed by atoms with van der Waals surface area (Å²) in [7, 11) is -3.81. The van der Waals surface area contributed by atoms with Crippen LogP contribution in [0.5, 0.6) is 0 Å². The minimum atomic E-state index is -3.81. The minimum absolute atomic E-state index is 0.148. The first kappa shape index (κ1) is 27.8. The zero-order valence-corrected chi connectivity index (χ0v) is 23.9. The molecule has 1 unspecified atom stereocenters. The third kappa shape index (κ3) is 6.07. The molecule has 2 aliphatic rings. The molecule has 0 amide bonds. The van der Waals surface area contributed by atoms with Crippen LogP contribution in [0.4, 0.5) is 10.1 Å². The maximum Gasteiger partial charge on any atom is 0.264 e. The fourth-order valence-electron chi connectivity index (χ4n) is 5.68. The van der Waals surface area contributed by atoms with Gasteiger partial charge in [0.15, 0.2) is 0 Å². The van der Waals surface area contributed by atoms with E-state index < -0.39 is 15.8 Å². The molecule has 0 aliphatic carbocycles. The fourth-order valence-corrected chi connectivity index (χ4v) is 7.67. The van der Waals surface area contributed by atoms with Gasteiger partial charge in [0.2, 0.25) is 0 Å². The Bertz CT molecular complexity index is 1490. The second-order valence-electron chi connectivity index (χ2n) is 10.8. The normalized spacial score (nSPS) is 20.3. The zero-order valence-electron chi connectivity index (χ0n) is 22.3. The Hall–Kier alpha value is -2.71. The number of aliphatic hydroxyl groups excluding tert-OH is 1. The molecular formula is C31H34ClFN2O3S. The first-order valence-corrected chi connectivity index (χ1v) is 15.2. The standard InChI is InChI=1S/C31H34ClFN2O3S/c1-21-5-3-6-27(15-21)39(37,38)35-19-24(11-13-34-14-12-26(36)20-34)17-25-10-9-23(18-30(25)35)16-22(2)31-28(32)7-4-8-29(31)33/h3-10,15-16,18,24,26,36H,11-14,17,19-20H2,1-2H3/b22-16+/t24-,26?/m1/s1. The number of anilines is 1. The van der Waals surface area contributed by atoms with E-state index in [1.54, 1.807) is 41.6 Å². The van der Waals surface area contributed by atoms with Crippen LogP contribution in [-0.2, 0) is 16.4 Å². The molecule has 5 rings (SSSR count). The Morgan fingerprint density at radius 3 is 2.64 bits per heavy atom. The minimum Gasteiger partial charge on any atom is -0.392 e. The van der Waals surface area contributed by atoms with Gasteiger partial charge in [-0.15, -0.1) is 0 Å². The van der Waals surface area contributed by atoms with Gasteiger partial charge in [-0.3, -0.25) is 4.31 Å². The van der Waals surface area contributed by atoms with Gasteiger partial charge in [-0.2, -0.15) is 0 Å². The number of aliphatic hydroxyl groups is 1. The number of sulfonamides is 1. The number of hydrogen-bond acceptors (Lipinski definition) is 4. The van der Waals surface area contributed by atoms with Crippen molar-refractivity contribution >= 4 is 39.0 Å². The lowest BCUT2D eigenvalue weighted by molar-refractivity contribution is 0.174. The van der Waals surface area contributed by atoms with Gasteiger partial charge in [0.25, 0.3) is 10.0 Å². The third-order valence-electron chi connectivity index (χ3n) is 7.73. The van der Waals surface area contributed by atoms with Gasteiger partial charge in [-0.1, -0.05) is 48.0 Å². The summed E-state index contributed by atoms with van der Waals surface area (Å²) in [5.41, 5.74) is 4.29. The van der Waals surface area contributed by atoms with Crippen molar-refractivity contribution in [3.63, 3.8) is 0 Å². The van der Waals surface area contributed by atoms with Crippen LogP contribution in [0.15, 0.2) is 65.6 Å². The SMILES string of the molecule is C/C(=C\c1ccc2c(c1)N(S(=O)(=O)c1cccc(C)c1)C[C@H](CCN1CCC(O)C1)C2)c1c(F)cccc1Cl. The van der Waals surface area contributed by atoms with Crippen LogP contribution in [-0.4, -0.2) is 50.7 Å². The number of halogens is 2. The molecule has 5 nitrogen and oxygen atoms in total. The van der Waals surface area contributed by atoms with Crippen LogP contribution in [0.1, 0.15) is 42.0 Å². The number of aryl methyl sites for hydroxylation is 1. The summed E-state index contributed by atoms with van der Waals surface area (Å²) < 4.78 is 44.1. The summed E-state index contributed by atoms with van der Waals surface area (Å²) in [5, 5.41) is 10.2. The quantitative estimate of drug-likeness (QED) is 0.346. The number of likely N-dealkylation sites (tertiary alicyclic amines) is 1. The number of nitrogens with zero attached hydrogens (tertiary/aromatic N) is 2. The Labute approximate surface area is 235 Å². The van der Waals surface area contributed by atoms with Crippen molar-refractivity contribution in [3.05, 3.63) is 93.8 Å². The van der Waals surface area contributed by atoms with Crippen LogP contribution < -0.4 is 4.31 Å². The van der Waals surface area contributed by atoms with E-state index in [0.717, 1.165) is 49.0 Å². The number of rotatable bonds is 7. The molecular weight excluding hydrogens is 535 g/mol. The molecule has 0 bridgehead atoms. The maximum absolute atomic E-state index is 14.5. The van der Waals surface area contributed by atoms with Crippen molar-refractivity contribution in [2.24, 2.45) is 5.92 Å². The van der Waals surface area contributed by atoms with Crippen LogP contribution in [0.3, 0.4) is 0 Å². The van der Waals surface area contributed by atoms with E-state index >= 15 is 0 Å². The molecule has 2 heterocycles. The Morgan fingerprint density at radius 1 is 1.13 bits per heavy atom. The number of allylic oxidation sites excluding steroid dienone is 1. The lowest BCUT2D eigenvalue weighted by Gasteiger charge is -2.36. The predicted molar refractivity (Wildman–Crippen MR) is 156 cm³/mol.